The highest BCUT2D eigenvalue weighted by molar-refractivity contribution is 7.34. The monoisotopic (exact) mass is 1050 g/mol. The van der Waals surface area contributed by atoms with Crippen LogP contribution in [0.1, 0.15) is 98.6 Å². The number of benzene rings is 2. The standard InChI is InChI=1S/C54H50F2N2S9/c1-7-11-13-29(9-3)20-40-35(55)25-45(62-40)47-31-19-28(6)60-51(31)48(46-26-36(56)41(63-46)21-30(10-4)14-12-8-2)32-22-42(64-52(32)47)38-17-18-39(61-38)44-24-34-50-49(57-67-58-50)33-23-43(37-16-15-27(5)59-37)65-53(33)54(34)66-44/h15-19,22-26,29-30H,7-14,20-21H2,1-6H3. The number of nitrogens with zero attached hydrogens (tertiary/aromatic N) is 2. The van der Waals surface area contributed by atoms with Gasteiger partial charge < -0.3 is 0 Å². The van der Waals surface area contributed by atoms with Gasteiger partial charge in [0.05, 0.1) is 21.1 Å². The summed E-state index contributed by atoms with van der Waals surface area (Å²) in [6.07, 6.45) is 10.6. The summed E-state index contributed by atoms with van der Waals surface area (Å²) in [5.41, 5.74) is 4.21. The zero-order valence-electron chi connectivity index (χ0n) is 38.3. The Balaban J connectivity index is 1.05. The number of unbranched alkanes of at least 4 members (excludes halogenated alkanes) is 2. The van der Waals surface area contributed by atoms with Crippen molar-refractivity contribution in [3.05, 3.63) is 91.8 Å². The lowest BCUT2D eigenvalue weighted by Gasteiger charge is -2.13. The topological polar surface area (TPSA) is 25.8 Å². The molecule has 0 amide bonds. The largest absolute Gasteiger partial charge is 0.206 e. The van der Waals surface area contributed by atoms with Crippen LogP contribution in [0.4, 0.5) is 8.78 Å². The van der Waals surface area contributed by atoms with Gasteiger partial charge >= 0.3 is 0 Å². The summed E-state index contributed by atoms with van der Waals surface area (Å²) in [5.74, 6) is 0.772. The minimum atomic E-state index is -0.0859. The highest BCUT2D eigenvalue weighted by Crippen LogP contribution is 2.55. The molecule has 2 atom stereocenters. The van der Waals surface area contributed by atoms with E-state index in [1.165, 1.54) is 83.8 Å². The van der Waals surface area contributed by atoms with Crippen molar-refractivity contribution in [1.82, 2.24) is 8.75 Å². The molecule has 0 N–H and O–H groups in total. The summed E-state index contributed by atoms with van der Waals surface area (Å²) in [5, 5.41) is 4.64. The fourth-order valence-corrected chi connectivity index (χ4v) is 19.7. The molecule has 0 saturated carbocycles. The molecule has 9 aromatic heterocycles. The first-order chi connectivity index (χ1) is 32.6. The van der Waals surface area contributed by atoms with E-state index >= 15 is 8.78 Å². The zero-order valence-corrected chi connectivity index (χ0v) is 45.7. The number of hydrogen-bond acceptors (Lipinski definition) is 11. The molecule has 0 aliphatic heterocycles. The van der Waals surface area contributed by atoms with E-state index in [-0.39, 0.29) is 11.6 Å². The molecule has 2 aromatic carbocycles. The van der Waals surface area contributed by atoms with Crippen LogP contribution in [0.3, 0.4) is 0 Å². The van der Waals surface area contributed by atoms with Crippen LogP contribution >= 0.6 is 102 Å². The first kappa shape index (κ1) is 46.2. The van der Waals surface area contributed by atoms with E-state index in [4.69, 9.17) is 8.75 Å². The molecule has 67 heavy (non-hydrogen) atoms. The molecule has 0 aliphatic carbocycles. The van der Waals surface area contributed by atoms with Gasteiger partial charge in [0, 0.05) is 101 Å². The molecular weight excluding hydrogens is 1000 g/mol. The van der Waals surface area contributed by atoms with Crippen LogP contribution in [0.25, 0.3) is 102 Å². The Hall–Kier alpha value is -3.24. The third-order valence-electron chi connectivity index (χ3n) is 13.4. The maximum Gasteiger partial charge on any atom is 0.137 e. The van der Waals surface area contributed by atoms with E-state index in [2.05, 4.69) is 90.1 Å². The molecule has 0 bridgehead atoms. The van der Waals surface area contributed by atoms with Gasteiger partial charge in [0.2, 0.25) is 0 Å². The van der Waals surface area contributed by atoms with Crippen LogP contribution in [-0.2, 0) is 12.8 Å². The van der Waals surface area contributed by atoms with Crippen molar-refractivity contribution in [2.45, 2.75) is 106 Å². The summed E-state index contributed by atoms with van der Waals surface area (Å²) >= 11 is 15.5. The molecule has 0 fully saturated rings. The van der Waals surface area contributed by atoms with Gasteiger partial charge in [-0.1, -0.05) is 79.1 Å². The molecule has 11 aromatic rings. The van der Waals surface area contributed by atoms with Crippen LogP contribution in [0, 0.1) is 37.3 Å². The molecule has 344 valence electrons. The zero-order chi connectivity index (χ0) is 46.1. The van der Waals surface area contributed by atoms with Crippen molar-refractivity contribution in [2.24, 2.45) is 11.8 Å². The SMILES string of the molecule is CCCCC(CC)Cc1sc(-c2c3cc(-c4ccc(-c5cc6c7nsnc7c7cc(-c8ccc(C)s8)sc7c6s5)s4)sc3c(-c3cc(F)c(CC(CC)CCCC)s3)c3cc(C)sc23)cc1F. The molecule has 9 heterocycles. The summed E-state index contributed by atoms with van der Waals surface area (Å²) in [6.45, 7) is 13.3. The number of fused-ring (bicyclic) bond motifs is 8. The minimum Gasteiger partial charge on any atom is -0.206 e. The Morgan fingerprint density at radius 3 is 1.40 bits per heavy atom. The second kappa shape index (κ2) is 19.2. The van der Waals surface area contributed by atoms with Crippen LogP contribution in [0.5, 0.6) is 0 Å². The minimum absolute atomic E-state index is 0.0859. The van der Waals surface area contributed by atoms with Crippen molar-refractivity contribution in [1.29, 1.82) is 0 Å². The van der Waals surface area contributed by atoms with E-state index in [9.17, 15) is 0 Å². The van der Waals surface area contributed by atoms with Gasteiger partial charge in [-0.2, -0.15) is 8.75 Å². The third-order valence-corrected chi connectivity index (χ3v) is 23.5. The van der Waals surface area contributed by atoms with Crippen molar-refractivity contribution >= 4 is 154 Å². The lowest BCUT2D eigenvalue weighted by atomic mass is 9.95. The van der Waals surface area contributed by atoms with Gasteiger partial charge in [0.25, 0.3) is 0 Å². The van der Waals surface area contributed by atoms with Crippen molar-refractivity contribution < 1.29 is 8.78 Å². The average molecular weight is 1050 g/mol. The second-order valence-corrected chi connectivity index (χ2v) is 27.5. The summed E-state index contributed by atoms with van der Waals surface area (Å²) in [6, 6.07) is 21.9. The first-order valence-electron chi connectivity index (χ1n) is 23.5. The van der Waals surface area contributed by atoms with Crippen LogP contribution < -0.4 is 0 Å². The number of thiophene rings is 8. The van der Waals surface area contributed by atoms with E-state index in [0.717, 1.165) is 113 Å². The Morgan fingerprint density at radius 2 is 0.910 bits per heavy atom. The number of halogens is 2. The van der Waals surface area contributed by atoms with Gasteiger partial charge in [-0.3, -0.25) is 0 Å². The molecular formula is C54H50F2N2S9. The number of rotatable bonds is 17. The Bertz CT molecular complexity index is 3460. The van der Waals surface area contributed by atoms with Gasteiger partial charge in [0.1, 0.15) is 22.7 Å². The predicted octanol–water partition coefficient (Wildman–Crippen LogP) is 21.5. The Labute approximate surface area is 427 Å². The van der Waals surface area contributed by atoms with Crippen LogP contribution in [-0.4, -0.2) is 8.75 Å². The van der Waals surface area contributed by atoms with Crippen molar-refractivity contribution in [3.63, 3.8) is 0 Å². The highest BCUT2D eigenvalue weighted by Gasteiger charge is 2.27. The third kappa shape index (κ3) is 8.54. The summed E-state index contributed by atoms with van der Waals surface area (Å²) in [4.78, 5) is 13.6. The van der Waals surface area contributed by atoms with E-state index in [1.807, 2.05) is 57.5 Å². The second-order valence-electron chi connectivity index (χ2n) is 18.0. The lowest BCUT2D eigenvalue weighted by Crippen LogP contribution is -2.03. The normalized spacial score (nSPS) is 13.3. The quantitative estimate of drug-likeness (QED) is 0.0908. The van der Waals surface area contributed by atoms with Gasteiger partial charge in [-0.25, -0.2) is 8.78 Å². The maximum atomic E-state index is 16.2. The first-order valence-corrected chi connectivity index (χ1v) is 30.7. The maximum absolute atomic E-state index is 16.2. The fourth-order valence-electron chi connectivity index (χ4n) is 9.68. The van der Waals surface area contributed by atoms with Crippen LogP contribution in [0.15, 0.2) is 60.7 Å². The number of aryl methyl sites for hydroxylation is 2. The van der Waals surface area contributed by atoms with Gasteiger partial charge in [-0.15, -0.1) is 90.7 Å². The van der Waals surface area contributed by atoms with Crippen molar-refractivity contribution in [2.75, 3.05) is 0 Å². The Morgan fingerprint density at radius 1 is 0.448 bits per heavy atom. The number of aromatic nitrogens is 2. The van der Waals surface area contributed by atoms with Crippen LogP contribution in [0.2, 0.25) is 0 Å². The molecule has 0 spiro atoms. The smallest absolute Gasteiger partial charge is 0.137 e. The lowest BCUT2D eigenvalue weighted by molar-refractivity contribution is 0.444. The highest BCUT2D eigenvalue weighted by atomic mass is 32.1. The molecule has 11 rings (SSSR count). The fraction of sp³-hybridized carbons (Fsp3) is 0.333. The molecule has 13 heteroatoms. The van der Waals surface area contributed by atoms with E-state index < -0.39 is 0 Å². The molecule has 0 radical (unpaired) electrons. The molecule has 0 saturated heterocycles. The Kier molecular flexibility index (Phi) is 13.2. The van der Waals surface area contributed by atoms with E-state index in [1.54, 1.807) is 45.3 Å². The van der Waals surface area contributed by atoms with E-state index in [0.29, 0.717) is 11.8 Å². The predicted molar refractivity (Wildman–Crippen MR) is 301 cm³/mol. The summed E-state index contributed by atoms with van der Waals surface area (Å²) in [7, 11) is 0. The molecule has 0 aliphatic rings. The molecule has 2 nitrogen and oxygen atoms in total. The van der Waals surface area contributed by atoms with Gasteiger partial charge in [0.15, 0.2) is 0 Å². The average Bonchev–Trinajstić information content (AvgIpc) is 4.15. The summed E-state index contributed by atoms with van der Waals surface area (Å²) < 4.78 is 47.0. The molecule has 2 unspecified atom stereocenters. The number of hydrogen-bond donors (Lipinski definition) is 0. The van der Waals surface area contributed by atoms with Gasteiger partial charge in [-0.05, 0) is 99.2 Å². The van der Waals surface area contributed by atoms with Crippen molar-refractivity contribution in [3.8, 4) is 50.1 Å².